The Morgan fingerprint density at radius 1 is 1.36 bits per heavy atom. The first-order chi connectivity index (χ1) is 13.7. The van der Waals surface area contributed by atoms with Gasteiger partial charge in [-0.15, -0.1) is 0 Å². The van der Waals surface area contributed by atoms with Crippen molar-refractivity contribution in [1.82, 2.24) is 15.6 Å². The van der Waals surface area contributed by atoms with Crippen LogP contribution in [0.25, 0.3) is 0 Å². The monoisotopic (exact) mass is 384 g/mol. The number of nitrogens with zero attached hydrogens (tertiary/aromatic N) is 2. The van der Waals surface area contributed by atoms with E-state index in [0.717, 1.165) is 37.3 Å². The highest BCUT2D eigenvalue weighted by Crippen LogP contribution is 2.34. The fourth-order valence-electron chi connectivity index (χ4n) is 3.72. The quantitative estimate of drug-likeness (QED) is 0.590. The van der Waals surface area contributed by atoms with Crippen LogP contribution in [0.1, 0.15) is 31.7 Å². The number of fused-ring (bicyclic) bond motifs is 2. The van der Waals surface area contributed by atoms with Crippen LogP contribution in [0.5, 0.6) is 11.5 Å². The molecule has 2 bridgehead atoms. The molecule has 4 rings (SSSR count). The van der Waals surface area contributed by atoms with E-state index < -0.39 is 5.82 Å². The van der Waals surface area contributed by atoms with Gasteiger partial charge < -0.3 is 20.1 Å². The number of nitrogens with one attached hydrogen (secondary N) is 2. The molecule has 0 saturated carbocycles. The zero-order valence-corrected chi connectivity index (χ0v) is 15.9. The topological polar surface area (TPSA) is 67.8 Å². The number of hydrogen-bond acceptors (Lipinski definition) is 4. The Morgan fingerprint density at radius 3 is 2.96 bits per heavy atom. The molecule has 1 aromatic carbocycles. The lowest BCUT2D eigenvalue weighted by Gasteiger charge is -2.22. The molecule has 2 N–H and O–H groups in total. The number of hydrogen-bond donors (Lipinski definition) is 2. The minimum atomic E-state index is -0.420. The van der Waals surface area contributed by atoms with Gasteiger partial charge in [0, 0.05) is 12.7 Å². The summed E-state index contributed by atoms with van der Waals surface area (Å²) >= 11 is 0. The standard InChI is InChI=1S/C21H25FN4O2/c1-2-24-21(26-18-11-15-6-8-20(18)27-15)25-12-14-5-7-19(17(22)10-14)28-16-4-3-9-23-13-16/h3-5,7,9-10,13,15,18,20H,2,6,8,11-12H2,1H3,(H2,24,25,26). The van der Waals surface area contributed by atoms with E-state index in [1.165, 1.54) is 6.07 Å². The van der Waals surface area contributed by atoms with Crippen molar-refractivity contribution >= 4 is 5.96 Å². The molecule has 7 heteroatoms. The summed E-state index contributed by atoms with van der Waals surface area (Å²) in [7, 11) is 0. The third-order valence-electron chi connectivity index (χ3n) is 5.05. The van der Waals surface area contributed by atoms with Crippen molar-refractivity contribution in [2.75, 3.05) is 6.54 Å². The number of aliphatic imine (C=N–C) groups is 1. The van der Waals surface area contributed by atoms with Crippen LogP contribution in [0.15, 0.2) is 47.7 Å². The van der Waals surface area contributed by atoms with Crippen LogP contribution >= 0.6 is 0 Å². The Bertz CT molecular complexity index is 830. The zero-order valence-electron chi connectivity index (χ0n) is 15.9. The van der Waals surface area contributed by atoms with E-state index in [0.29, 0.717) is 24.4 Å². The van der Waals surface area contributed by atoms with Crippen LogP contribution in [-0.4, -0.2) is 35.7 Å². The average molecular weight is 384 g/mol. The Balaban J connectivity index is 1.39. The highest BCUT2D eigenvalue weighted by molar-refractivity contribution is 5.80. The molecule has 2 aliphatic heterocycles. The zero-order chi connectivity index (χ0) is 19.3. The summed E-state index contributed by atoms with van der Waals surface area (Å²) in [4.78, 5) is 8.57. The second kappa shape index (κ2) is 8.56. The Kier molecular flexibility index (Phi) is 5.71. The minimum absolute atomic E-state index is 0.171. The van der Waals surface area contributed by atoms with E-state index in [1.54, 1.807) is 30.6 Å². The molecule has 3 atom stereocenters. The summed E-state index contributed by atoms with van der Waals surface area (Å²) in [6.07, 6.45) is 7.12. The van der Waals surface area contributed by atoms with E-state index >= 15 is 0 Å². The van der Waals surface area contributed by atoms with Crippen molar-refractivity contribution in [3.05, 3.63) is 54.1 Å². The summed E-state index contributed by atoms with van der Waals surface area (Å²) < 4.78 is 25.8. The first kappa shape index (κ1) is 18.7. The lowest BCUT2D eigenvalue weighted by Crippen LogP contribution is -2.47. The molecule has 28 heavy (non-hydrogen) atoms. The van der Waals surface area contributed by atoms with Gasteiger partial charge in [0.2, 0.25) is 0 Å². The molecule has 6 nitrogen and oxygen atoms in total. The molecule has 2 aromatic rings. The van der Waals surface area contributed by atoms with Crippen molar-refractivity contribution in [3.63, 3.8) is 0 Å². The van der Waals surface area contributed by atoms with Gasteiger partial charge in [-0.05, 0) is 56.0 Å². The number of halogens is 1. The largest absolute Gasteiger partial charge is 0.453 e. The maximum Gasteiger partial charge on any atom is 0.191 e. The Hall–Kier alpha value is -2.67. The van der Waals surface area contributed by atoms with Gasteiger partial charge in [0.05, 0.1) is 31.0 Å². The number of ether oxygens (including phenoxy) is 2. The third-order valence-corrected chi connectivity index (χ3v) is 5.05. The normalized spacial score (nSPS) is 23.6. The molecule has 2 aliphatic rings. The van der Waals surface area contributed by atoms with E-state index in [9.17, 15) is 4.39 Å². The molecule has 3 heterocycles. The second-order valence-corrected chi connectivity index (χ2v) is 7.11. The molecular formula is C21H25FN4O2. The van der Waals surface area contributed by atoms with Gasteiger partial charge in [-0.1, -0.05) is 6.07 Å². The fraction of sp³-hybridized carbons (Fsp3) is 0.429. The fourth-order valence-corrected chi connectivity index (χ4v) is 3.72. The predicted molar refractivity (Wildman–Crippen MR) is 105 cm³/mol. The van der Waals surface area contributed by atoms with Crippen molar-refractivity contribution in [1.29, 1.82) is 0 Å². The third kappa shape index (κ3) is 4.42. The van der Waals surface area contributed by atoms with Crippen molar-refractivity contribution < 1.29 is 13.9 Å². The van der Waals surface area contributed by atoms with Gasteiger partial charge in [-0.25, -0.2) is 9.38 Å². The highest BCUT2D eigenvalue weighted by atomic mass is 19.1. The van der Waals surface area contributed by atoms with Gasteiger partial charge >= 0.3 is 0 Å². The van der Waals surface area contributed by atoms with Gasteiger partial charge in [0.1, 0.15) is 5.75 Å². The SMILES string of the molecule is CCNC(=NCc1ccc(Oc2cccnc2)c(F)c1)NC1CC2CCC1O2. The summed E-state index contributed by atoms with van der Waals surface area (Å²) in [5, 5.41) is 6.72. The van der Waals surface area contributed by atoms with E-state index in [-0.39, 0.29) is 11.9 Å². The van der Waals surface area contributed by atoms with E-state index in [1.807, 2.05) is 13.0 Å². The van der Waals surface area contributed by atoms with Crippen LogP contribution in [0.4, 0.5) is 4.39 Å². The first-order valence-corrected chi connectivity index (χ1v) is 9.78. The van der Waals surface area contributed by atoms with Gasteiger partial charge in [0.25, 0.3) is 0 Å². The van der Waals surface area contributed by atoms with Crippen LogP contribution < -0.4 is 15.4 Å². The van der Waals surface area contributed by atoms with Crippen LogP contribution in [-0.2, 0) is 11.3 Å². The van der Waals surface area contributed by atoms with Gasteiger partial charge in [-0.2, -0.15) is 0 Å². The van der Waals surface area contributed by atoms with Crippen molar-refractivity contribution in [3.8, 4) is 11.5 Å². The molecule has 0 aliphatic carbocycles. The molecule has 0 spiro atoms. The molecule has 148 valence electrons. The maximum absolute atomic E-state index is 14.4. The van der Waals surface area contributed by atoms with E-state index in [4.69, 9.17) is 9.47 Å². The number of rotatable bonds is 6. The Labute approximate surface area is 164 Å². The lowest BCUT2D eigenvalue weighted by molar-refractivity contribution is 0.0992. The van der Waals surface area contributed by atoms with Crippen LogP contribution in [0.3, 0.4) is 0 Å². The molecule has 3 unspecified atom stereocenters. The Morgan fingerprint density at radius 2 is 2.29 bits per heavy atom. The van der Waals surface area contributed by atoms with Gasteiger partial charge in [-0.3, -0.25) is 4.98 Å². The summed E-state index contributed by atoms with van der Waals surface area (Å²) in [5.74, 6) is 0.986. The van der Waals surface area contributed by atoms with Gasteiger partial charge in [0.15, 0.2) is 17.5 Å². The van der Waals surface area contributed by atoms with Crippen molar-refractivity contribution in [2.45, 2.75) is 51.0 Å². The predicted octanol–water partition coefficient (Wildman–Crippen LogP) is 3.39. The van der Waals surface area contributed by atoms with Crippen molar-refractivity contribution in [2.24, 2.45) is 4.99 Å². The molecule has 0 amide bonds. The number of aromatic nitrogens is 1. The molecule has 2 fully saturated rings. The number of benzene rings is 1. The summed E-state index contributed by atoms with van der Waals surface area (Å²) in [6, 6.07) is 8.67. The molecule has 0 radical (unpaired) electrons. The molecule has 1 aromatic heterocycles. The van der Waals surface area contributed by atoms with Crippen LogP contribution in [0, 0.1) is 5.82 Å². The lowest BCUT2D eigenvalue weighted by atomic mass is 9.96. The summed E-state index contributed by atoms with van der Waals surface area (Å²) in [6.45, 7) is 3.17. The smallest absolute Gasteiger partial charge is 0.191 e. The van der Waals surface area contributed by atoms with E-state index in [2.05, 4.69) is 20.6 Å². The molecular weight excluding hydrogens is 359 g/mol. The highest BCUT2D eigenvalue weighted by Gasteiger charge is 2.41. The number of guanidine groups is 1. The van der Waals surface area contributed by atoms with Crippen LogP contribution in [0.2, 0.25) is 0 Å². The molecule has 2 saturated heterocycles. The second-order valence-electron chi connectivity index (χ2n) is 7.11. The average Bonchev–Trinajstić information content (AvgIpc) is 3.32. The summed E-state index contributed by atoms with van der Waals surface area (Å²) in [5.41, 5.74) is 0.775. The number of pyridine rings is 1. The maximum atomic E-state index is 14.4. The first-order valence-electron chi connectivity index (χ1n) is 9.78. The minimum Gasteiger partial charge on any atom is -0.453 e.